The molecule has 1 N–H and O–H groups in total. The van der Waals surface area contributed by atoms with Gasteiger partial charge in [0.2, 0.25) is 0 Å². The Morgan fingerprint density at radius 1 is 1.07 bits per heavy atom. The first kappa shape index (κ1) is 19.6. The highest BCUT2D eigenvalue weighted by molar-refractivity contribution is 7.10. The Bertz CT molecular complexity index is 941. The molecule has 0 radical (unpaired) electrons. The van der Waals surface area contributed by atoms with Gasteiger partial charge in [0.1, 0.15) is 17.1 Å². The third kappa shape index (κ3) is 4.75. The van der Waals surface area contributed by atoms with Gasteiger partial charge in [-0.1, -0.05) is 30.3 Å². The Balaban J connectivity index is 1.67. The minimum Gasteiger partial charge on any atom is -0.496 e. The number of carbonyl (C=O) groups is 2. The second-order valence-corrected chi connectivity index (χ2v) is 6.82. The van der Waals surface area contributed by atoms with E-state index >= 15 is 0 Å². The molecular formula is C21H18FNO4S. The van der Waals surface area contributed by atoms with E-state index in [4.69, 9.17) is 9.47 Å². The molecule has 0 unspecified atom stereocenters. The molecule has 2 aromatic carbocycles. The van der Waals surface area contributed by atoms with Crippen molar-refractivity contribution in [2.45, 2.75) is 6.04 Å². The number of hydrogen-bond donors (Lipinski definition) is 1. The molecule has 0 aliphatic carbocycles. The highest BCUT2D eigenvalue weighted by Crippen LogP contribution is 2.26. The van der Waals surface area contributed by atoms with Crippen LogP contribution in [0.15, 0.2) is 66.0 Å². The maximum atomic E-state index is 13.2. The first-order chi connectivity index (χ1) is 13.6. The largest absolute Gasteiger partial charge is 0.496 e. The van der Waals surface area contributed by atoms with Crippen molar-refractivity contribution in [1.82, 2.24) is 5.32 Å². The topological polar surface area (TPSA) is 64.6 Å². The summed E-state index contributed by atoms with van der Waals surface area (Å²) in [5, 5.41) is 4.72. The van der Waals surface area contributed by atoms with E-state index in [0.717, 1.165) is 10.4 Å². The number of carbonyl (C=O) groups excluding carboxylic acids is 2. The van der Waals surface area contributed by atoms with Crippen LogP contribution in [0.2, 0.25) is 0 Å². The van der Waals surface area contributed by atoms with Crippen molar-refractivity contribution in [1.29, 1.82) is 0 Å². The molecule has 0 saturated carbocycles. The molecule has 0 saturated heterocycles. The lowest BCUT2D eigenvalue weighted by Crippen LogP contribution is -2.32. The zero-order chi connectivity index (χ0) is 19.9. The summed E-state index contributed by atoms with van der Waals surface area (Å²) in [4.78, 5) is 25.5. The molecule has 7 heteroatoms. The number of ether oxygens (including phenoxy) is 2. The molecule has 1 heterocycles. The van der Waals surface area contributed by atoms with Crippen molar-refractivity contribution < 1.29 is 23.5 Å². The number of hydrogen-bond acceptors (Lipinski definition) is 5. The standard InChI is InChI=1S/C21H18FNO4S/c1-26-17-6-3-2-5-16(17)21(25)27-13-19(24)23-20(18-7-4-12-28-18)14-8-10-15(22)11-9-14/h2-12,20H,13H2,1H3,(H,23,24)/t20-/m1/s1. The van der Waals surface area contributed by atoms with Gasteiger partial charge in [0.25, 0.3) is 5.91 Å². The van der Waals surface area contributed by atoms with Gasteiger partial charge < -0.3 is 14.8 Å². The number of halogens is 1. The Morgan fingerprint density at radius 2 is 1.82 bits per heavy atom. The first-order valence-electron chi connectivity index (χ1n) is 8.47. The van der Waals surface area contributed by atoms with Gasteiger partial charge in [-0.25, -0.2) is 9.18 Å². The number of thiophene rings is 1. The molecule has 0 spiro atoms. The van der Waals surface area contributed by atoms with Gasteiger partial charge in [-0.05, 0) is 41.3 Å². The zero-order valence-corrected chi connectivity index (χ0v) is 15.9. The number of amides is 1. The van der Waals surface area contributed by atoms with Crippen molar-refractivity contribution in [2.24, 2.45) is 0 Å². The first-order valence-corrected chi connectivity index (χ1v) is 9.35. The third-order valence-electron chi connectivity index (χ3n) is 4.00. The van der Waals surface area contributed by atoms with Crippen molar-refractivity contribution in [3.63, 3.8) is 0 Å². The normalized spacial score (nSPS) is 11.5. The Labute approximate surface area is 165 Å². The number of esters is 1. The molecule has 1 atom stereocenters. The average Bonchev–Trinajstić information content (AvgIpc) is 3.25. The molecule has 5 nitrogen and oxygen atoms in total. The summed E-state index contributed by atoms with van der Waals surface area (Å²) in [6, 6.07) is 15.8. The van der Waals surface area contributed by atoms with Crippen LogP contribution in [0.25, 0.3) is 0 Å². The van der Waals surface area contributed by atoms with E-state index in [1.807, 2.05) is 17.5 Å². The Hall–Kier alpha value is -3.19. The van der Waals surface area contributed by atoms with E-state index in [-0.39, 0.29) is 11.4 Å². The van der Waals surface area contributed by atoms with Crippen LogP contribution in [0.1, 0.15) is 26.8 Å². The molecule has 0 bridgehead atoms. The average molecular weight is 399 g/mol. The van der Waals surface area contributed by atoms with Gasteiger partial charge in [0, 0.05) is 4.88 Å². The van der Waals surface area contributed by atoms with Crippen LogP contribution in [-0.4, -0.2) is 25.6 Å². The second-order valence-electron chi connectivity index (χ2n) is 5.84. The fraction of sp³-hybridized carbons (Fsp3) is 0.143. The second kappa shape index (κ2) is 9.14. The molecule has 1 aromatic heterocycles. The molecule has 0 aliphatic rings. The minimum absolute atomic E-state index is 0.242. The van der Waals surface area contributed by atoms with Crippen LogP contribution in [0.5, 0.6) is 5.75 Å². The fourth-order valence-corrected chi connectivity index (χ4v) is 3.46. The Kier molecular flexibility index (Phi) is 6.39. The summed E-state index contributed by atoms with van der Waals surface area (Å²) < 4.78 is 23.5. The number of rotatable bonds is 7. The van der Waals surface area contributed by atoms with E-state index in [9.17, 15) is 14.0 Å². The molecule has 144 valence electrons. The van der Waals surface area contributed by atoms with Crippen molar-refractivity contribution in [3.8, 4) is 5.75 Å². The maximum Gasteiger partial charge on any atom is 0.342 e. The summed E-state index contributed by atoms with van der Waals surface area (Å²) >= 11 is 1.47. The quantitative estimate of drug-likeness (QED) is 0.611. The van der Waals surface area contributed by atoms with Crippen molar-refractivity contribution in [3.05, 3.63) is 87.9 Å². The molecule has 3 aromatic rings. The summed E-state index contributed by atoms with van der Waals surface area (Å²) in [5.41, 5.74) is 0.972. The van der Waals surface area contributed by atoms with E-state index < -0.39 is 24.5 Å². The zero-order valence-electron chi connectivity index (χ0n) is 15.1. The SMILES string of the molecule is COc1ccccc1C(=O)OCC(=O)N[C@H](c1ccc(F)cc1)c1cccs1. The van der Waals surface area contributed by atoms with Crippen molar-refractivity contribution in [2.75, 3.05) is 13.7 Å². The van der Waals surface area contributed by atoms with Gasteiger partial charge in [0.05, 0.1) is 13.2 Å². The van der Waals surface area contributed by atoms with E-state index in [1.54, 1.807) is 36.4 Å². The molecule has 0 fully saturated rings. The van der Waals surface area contributed by atoms with E-state index in [0.29, 0.717) is 5.75 Å². The van der Waals surface area contributed by atoms with Gasteiger partial charge in [-0.3, -0.25) is 4.79 Å². The van der Waals surface area contributed by atoms with E-state index in [1.165, 1.54) is 30.6 Å². The molecule has 0 aliphatic heterocycles. The minimum atomic E-state index is -0.651. The highest BCUT2D eigenvalue weighted by Gasteiger charge is 2.20. The summed E-state index contributed by atoms with van der Waals surface area (Å²) in [7, 11) is 1.45. The van der Waals surface area contributed by atoms with Crippen LogP contribution in [0.4, 0.5) is 4.39 Å². The summed E-state index contributed by atoms with van der Waals surface area (Å²) in [5.74, 6) is -1.10. The van der Waals surface area contributed by atoms with Gasteiger partial charge in [-0.2, -0.15) is 0 Å². The summed E-state index contributed by atoms with van der Waals surface area (Å²) in [6.07, 6.45) is 0. The predicted molar refractivity (Wildman–Crippen MR) is 104 cm³/mol. The third-order valence-corrected chi connectivity index (χ3v) is 4.93. The maximum absolute atomic E-state index is 13.2. The monoisotopic (exact) mass is 399 g/mol. The van der Waals surface area contributed by atoms with Gasteiger partial charge >= 0.3 is 5.97 Å². The number of para-hydroxylation sites is 1. The highest BCUT2D eigenvalue weighted by atomic mass is 32.1. The number of methoxy groups -OCH3 is 1. The smallest absolute Gasteiger partial charge is 0.342 e. The lowest BCUT2D eigenvalue weighted by molar-refractivity contribution is -0.124. The lowest BCUT2D eigenvalue weighted by atomic mass is 10.1. The summed E-state index contributed by atoms with van der Waals surface area (Å²) in [6.45, 7) is -0.444. The predicted octanol–water partition coefficient (Wildman–Crippen LogP) is 3.96. The van der Waals surface area contributed by atoms with Crippen molar-refractivity contribution >= 4 is 23.2 Å². The molecule has 1 amide bonds. The Morgan fingerprint density at radius 3 is 2.50 bits per heavy atom. The van der Waals surface area contributed by atoms with Crippen LogP contribution >= 0.6 is 11.3 Å². The van der Waals surface area contributed by atoms with Crippen LogP contribution < -0.4 is 10.1 Å². The number of nitrogens with one attached hydrogen (secondary N) is 1. The van der Waals surface area contributed by atoms with Gasteiger partial charge in [0.15, 0.2) is 6.61 Å². The van der Waals surface area contributed by atoms with Crippen LogP contribution in [0.3, 0.4) is 0 Å². The van der Waals surface area contributed by atoms with E-state index in [2.05, 4.69) is 5.32 Å². The molecular weight excluding hydrogens is 381 g/mol. The lowest BCUT2D eigenvalue weighted by Gasteiger charge is -2.18. The van der Waals surface area contributed by atoms with Gasteiger partial charge in [-0.15, -0.1) is 11.3 Å². The molecule has 28 heavy (non-hydrogen) atoms. The fourth-order valence-electron chi connectivity index (χ4n) is 2.65. The van der Waals surface area contributed by atoms with Crippen LogP contribution in [-0.2, 0) is 9.53 Å². The molecule has 3 rings (SSSR count). The number of benzene rings is 2. The van der Waals surface area contributed by atoms with Crippen LogP contribution in [0, 0.1) is 5.82 Å².